The minimum absolute atomic E-state index is 0.212. The lowest BCUT2D eigenvalue weighted by atomic mass is 9.99. The van der Waals surface area contributed by atoms with Crippen LogP contribution in [0.1, 0.15) is 11.1 Å². The number of hydrogen-bond donors (Lipinski definition) is 1. The van der Waals surface area contributed by atoms with Gasteiger partial charge >= 0.3 is 0 Å². The molecule has 0 saturated heterocycles. The van der Waals surface area contributed by atoms with Crippen LogP contribution in [0.4, 0.5) is 0 Å². The number of aryl methyl sites for hydroxylation is 1. The normalized spacial score (nSPS) is 10.4. The molecule has 2 aromatic carbocycles. The molecule has 0 bridgehead atoms. The Hall–Kier alpha value is -1.60. The lowest BCUT2D eigenvalue weighted by Crippen LogP contribution is -1.90. The van der Waals surface area contributed by atoms with Gasteiger partial charge in [-0.3, -0.25) is 0 Å². The summed E-state index contributed by atoms with van der Waals surface area (Å²) in [6, 6.07) is 16.8. The number of aliphatic hydroxyl groups is 1. The van der Waals surface area contributed by atoms with E-state index in [0.717, 1.165) is 6.42 Å². The van der Waals surface area contributed by atoms with Gasteiger partial charge in [0.25, 0.3) is 0 Å². The molecule has 0 atom stereocenters. The van der Waals surface area contributed by atoms with Crippen LogP contribution < -0.4 is 0 Å². The Morgan fingerprint density at radius 3 is 2.25 bits per heavy atom. The van der Waals surface area contributed by atoms with E-state index in [4.69, 9.17) is 5.11 Å². The zero-order valence-electron chi connectivity index (χ0n) is 9.48. The molecule has 0 unspecified atom stereocenters. The van der Waals surface area contributed by atoms with Gasteiger partial charge in [-0.1, -0.05) is 48.5 Å². The van der Waals surface area contributed by atoms with E-state index in [1.54, 1.807) is 0 Å². The van der Waals surface area contributed by atoms with Crippen LogP contribution in [0.15, 0.2) is 48.5 Å². The van der Waals surface area contributed by atoms with Crippen LogP contribution in [0.3, 0.4) is 0 Å². The van der Waals surface area contributed by atoms with Crippen molar-refractivity contribution in [3.05, 3.63) is 59.7 Å². The molecule has 0 fully saturated rings. The molecule has 0 heterocycles. The first-order valence-corrected chi connectivity index (χ1v) is 5.57. The molecule has 1 N–H and O–H groups in total. The highest BCUT2D eigenvalue weighted by Gasteiger charge is 2.00. The number of rotatable bonds is 3. The summed E-state index contributed by atoms with van der Waals surface area (Å²) in [4.78, 5) is 0. The van der Waals surface area contributed by atoms with Crippen LogP contribution in [0.5, 0.6) is 0 Å². The van der Waals surface area contributed by atoms with Gasteiger partial charge in [0, 0.05) is 6.61 Å². The maximum atomic E-state index is 8.85. The second-order valence-electron chi connectivity index (χ2n) is 3.99. The predicted octanol–water partition coefficient (Wildman–Crippen LogP) is 3.20. The van der Waals surface area contributed by atoms with Gasteiger partial charge in [-0.05, 0) is 35.6 Å². The van der Waals surface area contributed by atoms with Crippen molar-refractivity contribution in [3.8, 4) is 11.1 Å². The van der Waals surface area contributed by atoms with Crippen molar-refractivity contribution in [1.82, 2.24) is 0 Å². The Morgan fingerprint density at radius 2 is 1.62 bits per heavy atom. The van der Waals surface area contributed by atoms with E-state index >= 15 is 0 Å². The SMILES string of the molecule is Cc1ccccc1-c1ccc(CCO)cc1. The second kappa shape index (κ2) is 4.95. The lowest BCUT2D eigenvalue weighted by molar-refractivity contribution is 0.299. The topological polar surface area (TPSA) is 20.2 Å². The van der Waals surface area contributed by atoms with E-state index in [1.807, 2.05) is 0 Å². The van der Waals surface area contributed by atoms with E-state index < -0.39 is 0 Å². The van der Waals surface area contributed by atoms with E-state index in [0.29, 0.717) is 0 Å². The van der Waals surface area contributed by atoms with Crippen molar-refractivity contribution in [1.29, 1.82) is 0 Å². The fourth-order valence-corrected chi connectivity index (χ4v) is 1.88. The molecule has 82 valence electrons. The maximum Gasteiger partial charge on any atom is 0.0471 e. The van der Waals surface area contributed by atoms with Crippen LogP contribution in [0.25, 0.3) is 11.1 Å². The second-order valence-corrected chi connectivity index (χ2v) is 3.99. The largest absolute Gasteiger partial charge is 0.396 e. The molecule has 0 saturated carbocycles. The molecule has 1 nitrogen and oxygen atoms in total. The van der Waals surface area contributed by atoms with Gasteiger partial charge in [0.2, 0.25) is 0 Å². The minimum atomic E-state index is 0.212. The van der Waals surface area contributed by atoms with Gasteiger partial charge in [0.1, 0.15) is 0 Å². The summed E-state index contributed by atoms with van der Waals surface area (Å²) >= 11 is 0. The van der Waals surface area contributed by atoms with Crippen LogP contribution in [0, 0.1) is 6.92 Å². The Bertz CT molecular complexity index is 457. The third-order valence-corrected chi connectivity index (χ3v) is 2.81. The summed E-state index contributed by atoms with van der Waals surface area (Å²) in [5, 5.41) is 8.85. The Labute approximate surface area is 96.4 Å². The molecule has 2 rings (SSSR count). The first-order chi connectivity index (χ1) is 7.81. The smallest absolute Gasteiger partial charge is 0.0471 e. The molecule has 0 spiro atoms. The number of aliphatic hydroxyl groups excluding tert-OH is 1. The maximum absolute atomic E-state index is 8.85. The molecule has 2 aromatic rings. The summed E-state index contributed by atoms with van der Waals surface area (Å²) in [7, 11) is 0. The Balaban J connectivity index is 2.31. The summed E-state index contributed by atoms with van der Waals surface area (Å²) in [6.07, 6.45) is 0.730. The highest BCUT2D eigenvalue weighted by molar-refractivity contribution is 5.67. The van der Waals surface area contributed by atoms with E-state index in [1.165, 1.54) is 22.3 Å². The minimum Gasteiger partial charge on any atom is -0.396 e. The summed E-state index contributed by atoms with van der Waals surface area (Å²) in [5.74, 6) is 0. The number of benzene rings is 2. The molecular weight excluding hydrogens is 196 g/mol. The van der Waals surface area contributed by atoms with Crippen molar-refractivity contribution >= 4 is 0 Å². The van der Waals surface area contributed by atoms with Crippen LogP contribution in [-0.2, 0) is 6.42 Å². The Morgan fingerprint density at radius 1 is 0.938 bits per heavy atom. The average molecular weight is 212 g/mol. The average Bonchev–Trinajstić information content (AvgIpc) is 2.31. The molecule has 0 aliphatic carbocycles. The van der Waals surface area contributed by atoms with Crippen molar-refractivity contribution in [2.75, 3.05) is 6.61 Å². The first-order valence-electron chi connectivity index (χ1n) is 5.57. The Kier molecular flexibility index (Phi) is 3.37. The van der Waals surface area contributed by atoms with Crippen molar-refractivity contribution < 1.29 is 5.11 Å². The van der Waals surface area contributed by atoms with Gasteiger partial charge in [-0.2, -0.15) is 0 Å². The third kappa shape index (κ3) is 2.31. The lowest BCUT2D eigenvalue weighted by Gasteiger charge is -2.06. The highest BCUT2D eigenvalue weighted by atomic mass is 16.2. The zero-order chi connectivity index (χ0) is 11.4. The monoisotopic (exact) mass is 212 g/mol. The van der Waals surface area contributed by atoms with E-state index in [-0.39, 0.29) is 6.61 Å². The van der Waals surface area contributed by atoms with E-state index in [9.17, 15) is 0 Å². The fraction of sp³-hybridized carbons (Fsp3) is 0.200. The molecule has 0 amide bonds. The van der Waals surface area contributed by atoms with Gasteiger partial charge in [-0.15, -0.1) is 0 Å². The van der Waals surface area contributed by atoms with Crippen molar-refractivity contribution in [2.24, 2.45) is 0 Å². The van der Waals surface area contributed by atoms with Crippen molar-refractivity contribution in [2.45, 2.75) is 13.3 Å². The first kappa shape index (κ1) is 10.9. The third-order valence-electron chi connectivity index (χ3n) is 2.81. The zero-order valence-corrected chi connectivity index (χ0v) is 9.48. The molecule has 1 heteroatoms. The predicted molar refractivity (Wildman–Crippen MR) is 67.4 cm³/mol. The highest BCUT2D eigenvalue weighted by Crippen LogP contribution is 2.23. The van der Waals surface area contributed by atoms with Gasteiger partial charge in [0.05, 0.1) is 0 Å². The van der Waals surface area contributed by atoms with Gasteiger partial charge in [-0.25, -0.2) is 0 Å². The summed E-state index contributed by atoms with van der Waals surface area (Å²) in [5.41, 5.74) is 4.98. The standard InChI is InChI=1S/C15H16O/c1-12-4-2-3-5-15(12)14-8-6-13(7-9-14)10-11-16/h2-9,16H,10-11H2,1H3. The van der Waals surface area contributed by atoms with E-state index in [2.05, 4.69) is 55.5 Å². The van der Waals surface area contributed by atoms with Crippen LogP contribution in [-0.4, -0.2) is 11.7 Å². The molecule has 0 aromatic heterocycles. The van der Waals surface area contributed by atoms with Crippen molar-refractivity contribution in [3.63, 3.8) is 0 Å². The quantitative estimate of drug-likeness (QED) is 0.828. The number of hydrogen-bond acceptors (Lipinski definition) is 1. The molecule has 16 heavy (non-hydrogen) atoms. The van der Waals surface area contributed by atoms with Crippen LogP contribution in [0.2, 0.25) is 0 Å². The molecule has 0 aliphatic rings. The fourth-order valence-electron chi connectivity index (χ4n) is 1.88. The van der Waals surface area contributed by atoms with Gasteiger partial charge < -0.3 is 5.11 Å². The summed E-state index contributed by atoms with van der Waals surface area (Å²) in [6.45, 7) is 2.33. The summed E-state index contributed by atoms with van der Waals surface area (Å²) < 4.78 is 0. The molecule has 0 aliphatic heterocycles. The molecule has 0 radical (unpaired) electrons. The van der Waals surface area contributed by atoms with Gasteiger partial charge in [0.15, 0.2) is 0 Å². The van der Waals surface area contributed by atoms with Crippen LogP contribution >= 0.6 is 0 Å². The molecular formula is C15H16O.